The summed E-state index contributed by atoms with van der Waals surface area (Å²) < 4.78 is 17.5. The predicted molar refractivity (Wildman–Crippen MR) is 240 cm³/mol. The number of methoxy groups -OCH3 is 2. The highest BCUT2D eigenvalue weighted by atomic mass is 16.6. The van der Waals surface area contributed by atoms with Gasteiger partial charge in [-0.15, -0.1) is 0 Å². The molecule has 3 saturated heterocycles. The summed E-state index contributed by atoms with van der Waals surface area (Å²) in [6, 6.07) is 14.2. The number of imidazole rings is 2. The Bertz CT molecular complexity index is 2410. The van der Waals surface area contributed by atoms with Crippen LogP contribution in [0.5, 0.6) is 0 Å². The largest absolute Gasteiger partial charge is 0.453 e. The minimum absolute atomic E-state index is 0.102. The van der Waals surface area contributed by atoms with Gasteiger partial charge in [0.1, 0.15) is 35.7 Å². The highest BCUT2D eigenvalue weighted by molar-refractivity contribution is 5.87. The molecule has 4 aliphatic rings. The summed E-state index contributed by atoms with van der Waals surface area (Å²) in [6.45, 7) is 13.4. The van der Waals surface area contributed by atoms with Crippen molar-refractivity contribution in [3.8, 4) is 33.6 Å². The second kappa shape index (κ2) is 17.9. The van der Waals surface area contributed by atoms with E-state index in [4.69, 9.17) is 19.2 Å². The van der Waals surface area contributed by atoms with Crippen LogP contribution in [-0.2, 0) is 23.8 Å². The maximum Gasteiger partial charge on any atom is 0.410 e. The number of carbonyl (C=O) groups excluding carboxylic acids is 5. The summed E-state index contributed by atoms with van der Waals surface area (Å²) in [5, 5.41) is 5.53. The van der Waals surface area contributed by atoms with E-state index in [0.717, 1.165) is 52.3 Å². The molecule has 4 aromatic rings. The summed E-state index contributed by atoms with van der Waals surface area (Å²) in [5.41, 5.74) is 4.88. The van der Waals surface area contributed by atoms with Gasteiger partial charge in [0.05, 0.1) is 32.2 Å². The number of fused-ring (bicyclic) bond motifs is 3. The summed E-state index contributed by atoms with van der Waals surface area (Å²) in [6.07, 6.45) is 5.97. The molecule has 0 bridgehead atoms. The summed E-state index contributed by atoms with van der Waals surface area (Å²) in [7, 11) is 2.58. The second-order valence-corrected chi connectivity index (χ2v) is 19.4. The standard InChI is InChI=1S/C48H61N9O8/c1-28(2)38(52-44(60)63-7)42(58)57-27-48(19-22-54(23-20-48)46(62)65-47(4,5)6)24-37(57)40-49-25-34(50-40)32-15-11-30(12-16-32)31-13-17-33(18-14-31)35-26-56-29(3)39(53-45(61)64-8)43(59)55-21-9-10-36(55)41(56)51-35/h11-18,25-26,28-29,36-39H,9-10,19-24,27H2,1-8H3,(H3,49,50,52,53,60,61)/p+1. The Kier molecular flexibility index (Phi) is 12.4. The molecule has 0 saturated carbocycles. The van der Waals surface area contributed by atoms with Gasteiger partial charge in [-0.05, 0) is 100.0 Å². The van der Waals surface area contributed by atoms with Crippen molar-refractivity contribution in [3.05, 3.63) is 72.6 Å². The minimum Gasteiger partial charge on any atom is -0.453 e. The number of rotatable bonds is 8. The average Bonchev–Trinajstić information content (AvgIpc) is 4.12. The number of hydrogen-bond donors (Lipinski definition) is 4. The van der Waals surface area contributed by atoms with Gasteiger partial charge in [-0.25, -0.2) is 28.9 Å². The number of aromatic amines is 2. The van der Waals surface area contributed by atoms with Crippen LogP contribution in [0.4, 0.5) is 14.4 Å². The first-order valence-corrected chi connectivity index (χ1v) is 22.7. The van der Waals surface area contributed by atoms with Gasteiger partial charge < -0.3 is 44.5 Å². The molecule has 5 unspecified atom stereocenters. The molecule has 0 aliphatic carbocycles. The lowest BCUT2D eigenvalue weighted by molar-refractivity contribution is -0.726. The first-order chi connectivity index (χ1) is 31.0. The van der Waals surface area contributed by atoms with Crippen molar-refractivity contribution in [1.82, 2.24) is 40.3 Å². The van der Waals surface area contributed by atoms with Crippen LogP contribution in [0.3, 0.4) is 0 Å². The van der Waals surface area contributed by atoms with Crippen molar-refractivity contribution in [3.63, 3.8) is 0 Å². The van der Waals surface area contributed by atoms with Crippen molar-refractivity contribution < 1.29 is 42.8 Å². The smallest absolute Gasteiger partial charge is 0.410 e. The molecule has 0 radical (unpaired) electrons. The fourth-order valence-corrected chi connectivity index (χ4v) is 10.0. The molecule has 5 amide bonds. The molecule has 4 N–H and O–H groups in total. The van der Waals surface area contributed by atoms with E-state index < -0.39 is 29.9 Å². The second-order valence-electron chi connectivity index (χ2n) is 19.4. The number of amides is 5. The van der Waals surface area contributed by atoms with Gasteiger partial charge >= 0.3 is 18.3 Å². The number of piperidine rings is 1. The highest BCUT2D eigenvalue weighted by Gasteiger charge is 2.51. The molecule has 5 atom stereocenters. The molecule has 1 spiro atoms. The van der Waals surface area contributed by atoms with Crippen molar-refractivity contribution in [2.24, 2.45) is 11.3 Å². The number of carbonyl (C=O) groups is 5. The number of nitrogens with zero attached hydrogens (tertiary/aromatic N) is 5. The van der Waals surface area contributed by atoms with Crippen LogP contribution in [0.25, 0.3) is 33.6 Å². The van der Waals surface area contributed by atoms with E-state index in [1.165, 1.54) is 14.2 Å². The Morgan fingerprint density at radius 1 is 0.862 bits per heavy atom. The normalized spacial score (nSPS) is 22.0. The van der Waals surface area contributed by atoms with Crippen LogP contribution in [0, 0.1) is 11.3 Å². The van der Waals surface area contributed by atoms with Crippen LogP contribution in [0.1, 0.15) is 103 Å². The minimum atomic E-state index is -0.798. The van der Waals surface area contributed by atoms with E-state index in [1.807, 2.05) is 57.5 Å². The Morgan fingerprint density at radius 2 is 1.48 bits per heavy atom. The van der Waals surface area contributed by atoms with Gasteiger partial charge in [0.15, 0.2) is 11.7 Å². The van der Waals surface area contributed by atoms with E-state index in [2.05, 4.69) is 73.7 Å². The van der Waals surface area contributed by atoms with Crippen LogP contribution in [0.2, 0.25) is 0 Å². The number of aromatic nitrogens is 4. The van der Waals surface area contributed by atoms with E-state index in [9.17, 15) is 24.0 Å². The molecule has 8 rings (SSSR count). The number of benzene rings is 2. The van der Waals surface area contributed by atoms with Gasteiger partial charge in [0.2, 0.25) is 11.8 Å². The van der Waals surface area contributed by atoms with E-state index in [1.54, 1.807) is 11.1 Å². The van der Waals surface area contributed by atoms with Gasteiger partial charge in [-0.1, -0.05) is 50.2 Å². The molecular formula is C48H62N9O8+. The lowest BCUT2D eigenvalue weighted by Gasteiger charge is -2.39. The first-order valence-electron chi connectivity index (χ1n) is 22.7. The van der Waals surface area contributed by atoms with Gasteiger partial charge in [-0.3, -0.25) is 9.59 Å². The lowest BCUT2D eigenvalue weighted by Crippen LogP contribution is -2.55. The molecular weight excluding hydrogens is 831 g/mol. The zero-order chi connectivity index (χ0) is 46.4. The van der Waals surface area contributed by atoms with Crippen molar-refractivity contribution >= 4 is 30.1 Å². The zero-order valence-electron chi connectivity index (χ0n) is 38.6. The monoisotopic (exact) mass is 892 g/mol. The number of ether oxygens (including phenoxy) is 3. The summed E-state index contributed by atoms with van der Waals surface area (Å²) in [4.78, 5) is 83.0. The van der Waals surface area contributed by atoms with Crippen LogP contribution >= 0.6 is 0 Å². The quantitative estimate of drug-likeness (QED) is 0.111. The molecule has 6 heterocycles. The Labute approximate surface area is 379 Å². The van der Waals surface area contributed by atoms with E-state index in [0.29, 0.717) is 51.3 Å². The molecule has 2 aromatic carbocycles. The summed E-state index contributed by atoms with van der Waals surface area (Å²) >= 11 is 0. The van der Waals surface area contributed by atoms with Gasteiger partial charge in [0, 0.05) is 31.7 Å². The average molecular weight is 893 g/mol. The topological polar surface area (TPSA) is 195 Å². The number of H-pyrrole nitrogens is 2. The molecule has 4 aliphatic heterocycles. The summed E-state index contributed by atoms with van der Waals surface area (Å²) in [5.74, 6) is 1.11. The number of nitrogens with one attached hydrogen (secondary N) is 4. The lowest BCUT2D eigenvalue weighted by atomic mass is 9.76. The van der Waals surface area contributed by atoms with Crippen molar-refractivity contribution in [1.29, 1.82) is 0 Å². The fraction of sp³-hybridized carbons (Fsp3) is 0.521. The molecule has 2 aromatic heterocycles. The molecule has 3 fully saturated rings. The molecule has 17 nitrogen and oxygen atoms in total. The van der Waals surface area contributed by atoms with E-state index >= 15 is 0 Å². The number of hydrogen-bond acceptors (Lipinski definition) is 9. The third-order valence-corrected chi connectivity index (χ3v) is 13.6. The third kappa shape index (κ3) is 9.14. The SMILES string of the molecule is COC(=O)NC(C(=O)N1CC2(CCN(C(=O)OC(C)(C)C)CC2)CC1c1ncc(-c2ccc(-c3ccc(-c4c[n+]5c([nH]4)C4CCCN4C(=O)C(NC(=O)OC)C5C)cc3)cc2)[nH]1)C(C)C. The first kappa shape index (κ1) is 45.2. The van der Waals surface area contributed by atoms with Crippen molar-refractivity contribution in [2.45, 2.75) is 109 Å². The maximum absolute atomic E-state index is 14.4. The predicted octanol–water partition coefficient (Wildman–Crippen LogP) is 6.66. The van der Waals surface area contributed by atoms with Gasteiger partial charge in [-0.2, -0.15) is 0 Å². The number of likely N-dealkylation sites (tertiary alicyclic amines) is 2. The molecule has 65 heavy (non-hydrogen) atoms. The fourth-order valence-electron chi connectivity index (χ4n) is 10.0. The Morgan fingerprint density at radius 3 is 2.08 bits per heavy atom. The maximum atomic E-state index is 14.4. The third-order valence-electron chi connectivity index (χ3n) is 13.6. The van der Waals surface area contributed by atoms with Gasteiger partial charge in [0.25, 0.3) is 5.82 Å². The van der Waals surface area contributed by atoms with Crippen LogP contribution < -0.4 is 15.2 Å². The van der Waals surface area contributed by atoms with Crippen LogP contribution in [0.15, 0.2) is 60.9 Å². The molecule has 17 heteroatoms. The van der Waals surface area contributed by atoms with Crippen molar-refractivity contribution in [2.75, 3.05) is 40.4 Å². The Balaban J connectivity index is 0.994. The zero-order valence-corrected chi connectivity index (χ0v) is 38.6. The molecule has 346 valence electrons. The highest BCUT2D eigenvalue weighted by Crippen LogP contribution is 2.49. The van der Waals surface area contributed by atoms with E-state index in [-0.39, 0.29) is 47.4 Å². The Hall–Kier alpha value is -6.39. The number of alkyl carbamates (subject to hydrolysis) is 2. The van der Waals surface area contributed by atoms with Crippen LogP contribution in [-0.4, -0.2) is 118 Å².